The number of para-hydroxylation sites is 4. The van der Waals surface area contributed by atoms with Crippen molar-refractivity contribution in [1.29, 1.82) is 0 Å². The maximum atomic E-state index is 13.4. The van der Waals surface area contributed by atoms with Crippen molar-refractivity contribution < 1.29 is 22.7 Å². The van der Waals surface area contributed by atoms with Gasteiger partial charge in [-0.2, -0.15) is 13.2 Å². The Balaban J connectivity index is 1.62. The van der Waals surface area contributed by atoms with Crippen LogP contribution in [-0.4, -0.2) is 33.6 Å². The lowest BCUT2D eigenvalue weighted by molar-refractivity contribution is -0.137. The summed E-state index contributed by atoms with van der Waals surface area (Å²) in [7, 11) is 1.64. The first-order chi connectivity index (χ1) is 18.2. The van der Waals surface area contributed by atoms with Crippen LogP contribution in [0.5, 0.6) is 5.75 Å². The minimum Gasteiger partial charge on any atom is -0.492 e. The van der Waals surface area contributed by atoms with E-state index in [2.05, 4.69) is 10.3 Å². The number of ether oxygens (including phenoxy) is 1. The summed E-state index contributed by atoms with van der Waals surface area (Å²) in [6, 6.07) is 18.4. The van der Waals surface area contributed by atoms with Gasteiger partial charge in [0.25, 0.3) is 5.56 Å². The highest BCUT2D eigenvalue weighted by Gasteiger charge is 2.30. The van der Waals surface area contributed by atoms with E-state index in [1.165, 1.54) is 21.6 Å². The molecule has 0 fully saturated rings. The van der Waals surface area contributed by atoms with Gasteiger partial charge in [-0.3, -0.25) is 4.79 Å². The van der Waals surface area contributed by atoms with E-state index in [1.807, 2.05) is 19.1 Å². The number of aromatic nitrogens is 2. The summed E-state index contributed by atoms with van der Waals surface area (Å²) in [6.45, 7) is 2.27. The van der Waals surface area contributed by atoms with Gasteiger partial charge in [0, 0.05) is 13.6 Å². The van der Waals surface area contributed by atoms with Crippen LogP contribution in [0, 0.1) is 0 Å². The predicted octanol–water partition coefficient (Wildman–Crippen LogP) is 5.63. The zero-order chi connectivity index (χ0) is 27.3. The fourth-order valence-corrected chi connectivity index (χ4v) is 4.04. The molecule has 0 aliphatic carbocycles. The molecule has 10 heteroatoms. The van der Waals surface area contributed by atoms with E-state index < -0.39 is 17.8 Å². The summed E-state index contributed by atoms with van der Waals surface area (Å²) in [5, 5.41) is 2.83. The van der Waals surface area contributed by atoms with E-state index in [4.69, 9.17) is 4.74 Å². The van der Waals surface area contributed by atoms with Crippen LogP contribution in [0.25, 0.3) is 11.0 Å². The van der Waals surface area contributed by atoms with E-state index in [1.54, 1.807) is 43.4 Å². The van der Waals surface area contributed by atoms with Crippen molar-refractivity contribution >= 4 is 22.8 Å². The minimum absolute atomic E-state index is 0.0965. The Hall–Kier alpha value is -4.34. The van der Waals surface area contributed by atoms with Crippen molar-refractivity contribution in [3.05, 3.63) is 100.0 Å². The molecule has 1 aromatic heterocycles. The Morgan fingerprint density at radius 2 is 1.71 bits per heavy atom. The first kappa shape index (κ1) is 26.7. The lowest BCUT2D eigenvalue weighted by atomic mass is 10.1. The van der Waals surface area contributed by atoms with E-state index in [-0.39, 0.29) is 30.8 Å². The van der Waals surface area contributed by atoms with Gasteiger partial charge in [-0.15, -0.1) is 0 Å². The lowest BCUT2D eigenvalue weighted by Gasteiger charge is -2.24. The van der Waals surface area contributed by atoms with Crippen molar-refractivity contribution in [1.82, 2.24) is 14.5 Å². The number of aryl methyl sites for hydroxylation is 1. The van der Waals surface area contributed by atoms with Crippen LogP contribution in [0.1, 0.15) is 23.7 Å². The SMILES string of the molecule is CCOc1ccccc1NC(=O)N(CCc1ccc(C(F)(F)F)cc1)Cc1nc2ccccc2n(C)c1=O. The highest BCUT2D eigenvalue weighted by atomic mass is 19.4. The minimum atomic E-state index is -4.43. The van der Waals surface area contributed by atoms with Crippen LogP contribution in [-0.2, 0) is 26.2 Å². The van der Waals surface area contributed by atoms with Gasteiger partial charge < -0.3 is 19.5 Å². The highest BCUT2D eigenvalue weighted by Crippen LogP contribution is 2.29. The van der Waals surface area contributed by atoms with Gasteiger partial charge in [-0.05, 0) is 55.3 Å². The number of urea groups is 1. The van der Waals surface area contributed by atoms with Gasteiger partial charge in [-0.1, -0.05) is 36.4 Å². The fourth-order valence-electron chi connectivity index (χ4n) is 4.04. The molecule has 0 saturated carbocycles. The number of nitrogens with one attached hydrogen (secondary N) is 1. The van der Waals surface area contributed by atoms with Crippen LogP contribution < -0.4 is 15.6 Å². The number of hydrogen-bond acceptors (Lipinski definition) is 4. The molecule has 3 aromatic carbocycles. The molecule has 0 radical (unpaired) electrons. The number of benzene rings is 3. The summed E-state index contributed by atoms with van der Waals surface area (Å²) in [5.41, 5.74) is 1.43. The van der Waals surface area contributed by atoms with Gasteiger partial charge in [0.2, 0.25) is 0 Å². The Morgan fingerprint density at radius 3 is 2.42 bits per heavy atom. The third-order valence-electron chi connectivity index (χ3n) is 6.06. The van der Waals surface area contributed by atoms with Gasteiger partial charge in [0.1, 0.15) is 11.4 Å². The predicted molar refractivity (Wildman–Crippen MR) is 139 cm³/mol. The molecule has 2 amide bonds. The summed E-state index contributed by atoms with van der Waals surface area (Å²) < 4.78 is 45.9. The number of carbonyl (C=O) groups excluding carboxylic acids is 1. The van der Waals surface area contributed by atoms with Crippen LogP contribution in [0.3, 0.4) is 0 Å². The number of amides is 2. The Morgan fingerprint density at radius 1 is 1.03 bits per heavy atom. The second kappa shape index (κ2) is 11.4. The lowest BCUT2D eigenvalue weighted by Crippen LogP contribution is -2.39. The molecule has 1 N–H and O–H groups in total. The molecule has 0 bridgehead atoms. The van der Waals surface area contributed by atoms with Crippen LogP contribution >= 0.6 is 0 Å². The number of hydrogen-bond donors (Lipinski definition) is 1. The molecule has 0 aliphatic rings. The molecule has 4 rings (SSSR count). The van der Waals surface area contributed by atoms with Crippen LogP contribution in [0.15, 0.2) is 77.6 Å². The summed E-state index contributed by atoms with van der Waals surface area (Å²) in [5.74, 6) is 0.491. The number of nitrogens with zero attached hydrogens (tertiary/aromatic N) is 3. The highest BCUT2D eigenvalue weighted by molar-refractivity contribution is 5.91. The second-order valence-corrected chi connectivity index (χ2v) is 8.64. The zero-order valence-electron chi connectivity index (χ0n) is 21.0. The van der Waals surface area contributed by atoms with Gasteiger partial charge in [0.15, 0.2) is 0 Å². The Bertz CT molecular complexity index is 1480. The first-order valence-corrected chi connectivity index (χ1v) is 12.1. The molecule has 0 atom stereocenters. The summed E-state index contributed by atoms with van der Waals surface area (Å²) in [6.07, 6.45) is -4.16. The Kier molecular flexibility index (Phi) is 7.99. The topological polar surface area (TPSA) is 76.5 Å². The smallest absolute Gasteiger partial charge is 0.416 e. The Labute approximate surface area is 217 Å². The molecule has 0 aliphatic heterocycles. The largest absolute Gasteiger partial charge is 0.492 e. The third kappa shape index (κ3) is 6.13. The fraction of sp³-hybridized carbons (Fsp3) is 0.250. The number of halogens is 3. The monoisotopic (exact) mass is 524 g/mol. The van der Waals surface area contributed by atoms with E-state index in [0.29, 0.717) is 34.6 Å². The van der Waals surface area contributed by atoms with Crippen LogP contribution in [0.2, 0.25) is 0 Å². The van der Waals surface area contributed by atoms with Crippen molar-refractivity contribution in [2.75, 3.05) is 18.5 Å². The third-order valence-corrected chi connectivity index (χ3v) is 6.06. The molecular formula is C28H27F3N4O3. The molecule has 7 nitrogen and oxygen atoms in total. The second-order valence-electron chi connectivity index (χ2n) is 8.64. The number of carbonyl (C=O) groups is 1. The van der Waals surface area contributed by atoms with Crippen LogP contribution in [0.4, 0.5) is 23.7 Å². The average Bonchev–Trinajstić information content (AvgIpc) is 2.90. The summed E-state index contributed by atoms with van der Waals surface area (Å²) >= 11 is 0. The molecule has 4 aromatic rings. The zero-order valence-corrected chi connectivity index (χ0v) is 21.0. The first-order valence-electron chi connectivity index (χ1n) is 12.1. The number of rotatable bonds is 8. The number of fused-ring (bicyclic) bond motifs is 1. The van der Waals surface area contributed by atoms with Gasteiger partial charge in [-0.25, -0.2) is 9.78 Å². The molecule has 0 unspecified atom stereocenters. The quantitative estimate of drug-likeness (QED) is 0.324. The van der Waals surface area contributed by atoms with Crippen molar-refractivity contribution in [3.63, 3.8) is 0 Å². The van der Waals surface area contributed by atoms with E-state index >= 15 is 0 Å². The maximum Gasteiger partial charge on any atom is 0.416 e. The van der Waals surface area contributed by atoms with Gasteiger partial charge in [0.05, 0.1) is 35.4 Å². The molecule has 198 valence electrons. The molecular weight excluding hydrogens is 497 g/mol. The molecule has 0 saturated heterocycles. The number of alkyl halides is 3. The van der Waals surface area contributed by atoms with Crippen molar-refractivity contribution in [2.24, 2.45) is 7.05 Å². The maximum absolute atomic E-state index is 13.4. The van der Waals surface area contributed by atoms with E-state index in [0.717, 1.165) is 12.1 Å². The van der Waals surface area contributed by atoms with Gasteiger partial charge >= 0.3 is 12.2 Å². The average molecular weight is 525 g/mol. The normalized spacial score (nSPS) is 11.4. The standard InChI is InChI=1S/C28H27F3N4O3/c1-3-38-25-11-7-5-9-22(25)33-27(37)35(17-16-19-12-14-20(15-13-19)28(29,30)31)18-23-26(36)34(2)24-10-6-4-8-21(24)32-23/h4-15H,3,16-18H2,1-2H3,(H,33,37). The molecule has 38 heavy (non-hydrogen) atoms. The number of anilines is 1. The van der Waals surface area contributed by atoms with Crippen molar-refractivity contribution in [3.8, 4) is 5.75 Å². The summed E-state index contributed by atoms with van der Waals surface area (Å²) in [4.78, 5) is 32.4. The van der Waals surface area contributed by atoms with Crippen molar-refractivity contribution in [2.45, 2.75) is 26.1 Å². The molecule has 1 heterocycles. The van der Waals surface area contributed by atoms with E-state index in [9.17, 15) is 22.8 Å². The molecule has 0 spiro atoms.